The zero-order valence-electron chi connectivity index (χ0n) is 18.0. The first-order valence-electron chi connectivity index (χ1n) is 10.0. The Kier molecular flexibility index (Phi) is 8.87. The second-order valence-electron chi connectivity index (χ2n) is 6.79. The number of nitrogens with zero attached hydrogens (tertiary/aromatic N) is 1. The van der Waals surface area contributed by atoms with Crippen molar-refractivity contribution in [3.63, 3.8) is 0 Å². The molecule has 0 aliphatic carbocycles. The van der Waals surface area contributed by atoms with Crippen LogP contribution in [0.1, 0.15) is 37.0 Å². The fraction of sp³-hybridized carbons (Fsp3) is 0.364. The molecule has 8 nitrogen and oxygen atoms in total. The molecule has 0 spiro atoms. The van der Waals surface area contributed by atoms with Crippen LogP contribution in [0.5, 0.6) is 5.75 Å². The van der Waals surface area contributed by atoms with E-state index in [1.807, 2.05) is 6.92 Å². The molecule has 9 heteroatoms. The Bertz CT molecular complexity index is 989. The zero-order chi connectivity index (χ0) is 22.9. The Morgan fingerprint density at radius 2 is 1.71 bits per heavy atom. The number of benzene rings is 2. The summed E-state index contributed by atoms with van der Waals surface area (Å²) in [6.07, 6.45) is 2.75. The summed E-state index contributed by atoms with van der Waals surface area (Å²) in [5.74, 6) is -0.591. The number of anilines is 2. The van der Waals surface area contributed by atoms with Crippen LogP contribution in [0.3, 0.4) is 0 Å². The van der Waals surface area contributed by atoms with Crippen molar-refractivity contribution in [2.75, 3.05) is 35.6 Å². The van der Waals surface area contributed by atoms with Crippen LogP contribution in [-0.2, 0) is 19.6 Å². The van der Waals surface area contributed by atoms with Gasteiger partial charge >= 0.3 is 5.97 Å². The van der Waals surface area contributed by atoms with E-state index >= 15 is 0 Å². The first-order valence-corrected chi connectivity index (χ1v) is 11.9. The van der Waals surface area contributed by atoms with E-state index in [2.05, 4.69) is 5.32 Å². The molecular weight excluding hydrogens is 420 g/mol. The Morgan fingerprint density at radius 3 is 2.32 bits per heavy atom. The van der Waals surface area contributed by atoms with E-state index in [4.69, 9.17) is 9.47 Å². The fourth-order valence-electron chi connectivity index (χ4n) is 2.73. The van der Waals surface area contributed by atoms with Crippen molar-refractivity contribution in [3.05, 3.63) is 54.1 Å². The third kappa shape index (κ3) is 7.29. The monoisotopic (exact) mass is 448 g/mol. The molecular formula is C22H28N2O6S. The lowest BCUT2D eigenvalue weighted by Gasteiger charge is -2.24. The molecule has 0 saturated heterocycles. The molecule has 0 saturated carbocycles. The lowest BCUT2D eigenvalue weighted by Crippen LogP contribution is -2.37. The van der Waals surface area contributed by atoms with Crippen LogP contribution in [0.4, 0.5) is 11.4 Å². The van der Waals surface area contributed by atoms with Crippen LogP contribution in [0.25, 0.3) is 0 Å². The van der Waals surface area contributed by atoms with Crippen molar-refractivity contribution >= 4 is 33.3 Å². The van der Waals surface area contributed by atoms with Gasteiger partial charge in [0.1, 0.15) is 12.3 Å². The van der Waals surface area contributed by atoms with Crippen LogP contribution < -0.4 is 14.4 Å². The van der Waals surface area contributed by atoms with Gasteiger partial charge < -0.3 is 14.8 Å². The van der Waals surface area contributed by atoms with Gasteiger partial charge in [-0.25, -0.2) is 13.2 Å². The number of esters is 1. The van der Waals surface area contributed by atoms with Gasteiger partial charge in [0.05, 0.1) is 30.7 Å². The van der Waals surface area contributed by atoms with Crippen molar-refractivity contribution in [2.24, 2.45) is 0 Å². The first kappa shape index (κ1) is 24.2. The minimum atomic E-state index is -3.74. The van der Waals surface area contributed by atoms with E-state index in [0.717, 1.165) is 23.4 Å². The number of unbranched alkanes of at least 4 members (excludes halogenated alkanes) is 1. The summed E-state index contributed by atoms with van der Waals surface area (Å²) in [5, 5.41) is 2.65. The van der Waals surface area contributed by atoms with Crippen molar-refractivity contribution < 1.29 is 27.5 Å². The molecule has 0 bridgehead atoms. The molecule has 0 aliphatic rings. The van der Waals surface area contributed by atoms with Gasteiger partial charge in [0, 0.05) is 5.69 Å². The predicted molar refractivity (Wildman–Crippen MR) is 120 cm³/mol. The molecule has 168 valence electrons. The number of rotatable bonds is 11. The highest BCUT2D eigenvalue weighted by Crippen LogP contribution is 2.29. The number of nitrogens with one attached hydrogen (secondary N) is 1. The second kappa shape index (κ2) is 11.4. The van der Waals surface area contributed by atoms with E-state index in [1.165, 1.54) is 0 Å². The average Bonchev–Trinajstić information content (AvgIpc) is 2.73. The number of sulfonamides is 1. The molecule has 2 aromatic rings. The smallest absolute Gasteiger partial charge is 0.338 e. The normalized spacial score (nSPS) is 10.9. The van der Waals surface area contributed by atoms with Gasteiger partial charge in [0.25, 0.3) is 0 Å². The molecule has 0 fully saturated rings. The summed E-state index contributed by atoms with van der Waals surface area (Å²) >= 11 is 0. The number of para-hydroxylation sites is 2. The lowest BCUT2D eigenvalue weighted by molar-refractivity contribution is -0.114. The maximum atomic E-state index is 12.6. The molecule has 0 atom stereocenters. The lowest BCUT2D eigenvalue weighted by atomic mass is 10.2. The maximum absolute atomic E-state index is 12.6. The molecule has 0 unspecified atom stereocenters. The molecule has 0 heterocycles. The van der Waals surface area contributed by atoms with E-state index in [9.17, 15) is 18.0 Å². The highest BCUT2D eigenvalue weighted by atomic mass is 32.2. The maximum Gasteiger partial charge on any atom is 0.338 e. The van der Waals surface area contributed by atoms with Crippen LogP contribution >= 0.6 is 0 Å². The zero-order valence-corrected chi connectivity index (χ0v) is 18.8. The summed E-state index contributed by atoms with van der Waals surface area (Å²) in [6, 6.07) is 12.8. The van der Waals surface area contributed by atoms with Gasteiger partial charge in [-0.15, -0.1) is 0 Å². The van der Waals surface area contributed by atoms with Crippen molar-refractivity contribution in [1.82, 2.24) is 0 Å². The van der Waals surface area contributed by atoms with Gasteiger partial charge in [-0.1, -0.05) is 25.5 Å². The van der Waals surface area contributed by atoms with Gasteiger partial charge in [-0.2, -0.15) is 0 Å². The topological polar surface area (TPSA) is 102 Å². The number of carbonyl (C=O) groups excluding carboxylic acids is 2. The standard InChI is InChI=1S/C22H28N2O6S/c1-4-6-15-30-22(26)17-11-13-18(14-12-17)23-21(25)16-24(31(3,27)28)19-9-7-8-10-20(19)29-5-2/h7-14H,4-6,15-16H2,1-3H3,(H,23,25). The molecule has 2 rings (SSSR count). The molecule has 0 aliphatic heterocycles. The van der Waals surface area contributed by atoms with Crippen LogP contribution in [0.15, 0.2) is 48.5 Å². The Morgan fingerprint density at radius 1 is 1.03 bits per heavy atom. The van der Waals surface area contributed by atoms with Crippen molar-refractivity contribution in [3.8, 4) is 5.75 Å². The molecule has 0 aromatic heterocycles. The molecule has 0 radical (unpaired) electrons. The summed E-state index contributed by atoms with van der Waals surface area (Å²) in [4.78, 5) is 24.5. The van der Waals surface area contributed by atoms with Crippen LogP contribution in [-0.4, -0.2) is 46.3 Å². The van der Waals surface area contributed by atoms with E-state index in [1.54, 1.807) is 55.5 Å². The van der Waals surface area contributed by atoms with Crippen LogP contribution in [0, 0.1) is 0 Å². The fourth-order valence-corrected chi connectivity index (χ4v) is 3.59. The van der Waals surface area contributed by atoms with Crippen LogP contribution in [0.2, 0.25) is 0 Å². The molecule has 31 heavy (non-hydrogen) atoms. The van der Waals surface area contributed by atoms with E-state index in [-0.39, 0.29) is 5.69 Å². The number of carbonyl (C=O) groups is 2. The Hall–Kier alpha value is -3.07. The van der Waals surface area contributed by atoms with E-state index in [0.29, 0.717) is 30.2 Å². The average molecular weight is 449 g/mol. The molecule has 1 amide bonds. The molecule has 1 N–H and O–H groups in total. The van der Waals surface area contributed by atoms with Gasteiger partial charge in [-0.05, 0) is 49.7 Å². The molecule has 2 aromatic carbocycles. The summed E-state index contributed by atoms with van der Waals surface area (Å²) in [7, 11) is -3.74. The summed E-state index contributed by atoms with van der Waals surface area (Å²) in [6.45, 7) is 4.08. The van der Waals surface area contributed by atoms with E-state index < -0.39 is 28.4 Å². The minimum Gasteiger partial charge on any atom is -0.492 e. The number of ether oxygens (including phenoxy) is 2. The van der Waals surface area contributed by atoms with Gasteiger partial charge in [0.2, 0.25) is 15.9 Å². The predicted octanol–water partition coefficient (Wildman–Crippen LogP) is 3.45. The van der Waals surface area contributed by atoms with Gasteiger partial charge in [0.15, 0.2) is 0 Å². The highest BCUT2D eigenvalue weighted by Gasteiger charge is 2.24. The SMILES string of the molecule is CCCCOC(=O)c1ccc(NC(=O)CN(c2ccccc2OCC)S(C)(=O)=O)cc1. The first-order chi connectivity index (χ1) is 14.8. The largest absolute Gasteiger partial charge is 0.492 e. The summed E-state index contributed by atoms with van der Waals surface area (Å²) < 4.78 is 36.3. The quantitative estimate of drug-likeness (QED) is 0.417. The van der Waals surface area contributed by atoms with Gasteiger partial charge in [-0.3, -0.25) is 9.10 Å². The van der Waals surface area contributed by atoms with Crippen molar-refractivity contribution in [2.45, 2.75) is 26.7 Å². The minimum absolute atomic E-state index is 0.284. The third-order valence-electron chi connectivity index (χ3n) is 4.26. The number of amides is 1. The number of hydrogen-bond acceptors (Lipinski definition) is 6. The Labute approximate surface area is 183 Å². The second-order valence-corrected chi connectivity index (χ2v) is 8.69. The Balaban J connectivity index is 2.09. The summed E-state index contributed by atoms with van der Waals surface area (Å²) in [5.41, 5.74) is 1.09. The van der Waals surface area contributed by atoms with Crippen molar-refractivity contribution in [1.29, 1.82) is 0 Å². The number of hydrogen-bond donors (Lipinski definition) is 1. The third-order valence-corrected chi connectivity index (χ3v) is 5.38. The highest BCUT2D eigenvalue weighted by molar-refractivity contribution is 7.92.